The van der Waals surface area contributed by atoms with Crippen LogP contribution in [0.1, 0.15) is 19.0 Å². The van der Waals surface area contributed by atoms with Crippen LogP contribution in [-0.4, -0.2) is 40.3 Å². The van der Waals surface area contributed by atoms with Gasteiger partial charge >= 0.3 is 6.01 Å². The van der Waals surface area contributed by atoms with Crippen LogP contribution in [0.15, 0.2) is 29.1 Å². The van der Waals surface area contributed by atoms with Crippen molar-refractivity contribution in [1.29, 1.82) is 0 Å². The van der Waals surface area contributed by atoms with Crippen LogP contribution >= 0.6 is 0 Å². The molecular weight excluding hydrogens is 275 g/mol. The molecule has 0 saturated carbocycles. The lowest BCUT2D eigenvalue weighted by Crippen LogP contribution is -2.47. The number of hydrogen-bond acceptors (Lipinski definition) is 6. The summed E-state index contributed by atoms with van der Waals surface area (Å²) in [6.45, 7) is 2.82. The van der Waals surface area contributed by atoms with E-state index in [0.29, 0.717) is 19.0 Å². The van der Waals surface area contributed by atoms with Gasteiger partial charge in [-0.25, -0.2) is 14.4 Å². The van der Waals surface area contributed by atoms with Gasteiger partial charge in [-0.1, -0.05) is 6.92 Å². The molecule has 7 heteroatoms. The lowest BCUT2D eigenvalue weighted by Gasteiger charge is -2.33. The molecule has 112 valence electrons. The first-order chi connectivity index (χ1) is 10.3. The largest absolute Gasteiger partial charge is 0.457 e. The number of anilines is 1. The van der Waals surface area contributed by atoms with E-state index in [4.69, 9.17) is 9.15 Å². The summed E-state index contributed by atoms with van der Waals surface area (Å²) in [6, 6.07) is 2.38. The molecule has 1 fully saturated rings. The van der Waals surface area contributed by atoms with Crippen LogP contribution in [0.5, 0.6) is 6.01 Å². The first-order valence-electron chi connectivity index (χ1n) is 7.03. The smallest absolute Gasteiger partial charge is 0.316 e. The first kappa shape index (κ1) is 13.8. The van der Waals surface area contributed by atoms with Crippen LogP contribution in [0, 0.1) is 0 Å². The number of nitrogens with zero attached hydrogens (tertiary/aromatic N) is 4. The third-order valence-electron chi connectivity index (χ3n) is 3.45. The average molecular weight is 292 g/mol. The maximum atomic E-state index is 14.3. The van der Waals surface area contributed by atoms with Gasteiger partial charge in [0.15, 0.2) is 6.17 Å². The van der Waals surface area contributed by atoms with Gasteiger partial charge in [0, 0.05) is 25.4 Å². The normalized spacial score (nSPS) is 22.3. The van der Waals surface area contributed by atoms with E-state index in [1.165, 1.54) is 0 Å². The summed E-state index contributed by atoms with van der Waals surface area (Å²) in [6.07, 6.45) is 4.41. The van der Waals surface area contributed by atoms with Gasteiger partial charge in [-0.2, -0.15) is 4.98 Å². The number of piperidine rings is 1. The summed E-state index contributed by atoms with van der Waals surface area (Å²) in [7, 11) is 0. The Balaban J connectivity index is 1.61. The van der Waals surface area contributed by atoms with Crippen LogP contribution in [0.3, 0.4) is 0 Å². The van der Waals surface area contributed by atoms with Gasteiger partial charge in [-0.3, -0.25) is 0 Å². The maximum absolute atomic E-state index is 14.3. The van der Waals surface area contributed by atoms with Crippen molar-refractivity contribution in [3.05, 3.63) is 30.4 Å². The zero-order valence-corrected chi connectivity index (χ0v) is 11.8. The van der Waals surface area contributed by atoms with E-state index in [0.717, 1.165) is 12.1 Å². The number of aromatic nitrogens is 3. The van der Waals surface area contributed by atoms with Gasteiger partial charge < -0.3 is 14.1 Å². The van der Waals surface area contributed by atoms with E-state index < -0.39 is 12.3 Å². The average Bonchev–Trinajstić information content (AvgIpc) is 2.99. The molecule has 3 rings (SSSR count). The third kappa shape index (κ3) is 3.12. The minimum absolute atomic E-state index is 0.196. The Morgan fingerprint density at radius 1 is 1.43 bits per heavy atom. The van der Waals surface area contributed by atoms with E-state index in [2.05, 4.69) is 15.0 Å². The van der Waals surface area contributed by atoms with Crippen molar-refractivity contribution in [2.75, 3.05) is 18.0 Å². The fraction of sp³-hybridized carbons (Fsp3) is 0.500. The van der Waals surface area contributed by atoms with Crippen molar-refractivity contribution >= 4 is 6.01 Å². The molecule has 2 aromatic heterocycles. The number of alkyl halides is 1. The van der Waals surface area contributed by atoms with Crippen molar-refractivity contribution in [3.8, 4) is 6.01 Å². The molecule has 6 nitrogen and oxygen atoms in total. The van der Waals surface area contributed by atoms with E-state index >= 15 is 0 Å². The van der Waals surface area contributed by atoms with Gasteiger partial charge in [0.1, 0.15) is 12.4 Å². The minimum atomic E-state index is -1.14. The number of halogens is 1. The number of oxazole rings is 1. The SMILES string of the molecule is CCc1coc(N2CC[C@@H](Oc3ncccn3)[C@@H](F)C2)n1. The monoisotopic (exact) mass is 292 g/mol. The van der Waals surface area contributed by atoms with Crippen molar-refractivity contribution < 1.29 is 13.5 Å². The predicted octanol–water partition coefficient (Wildman–Crippen LogP) is 2.02. The maximum Gasteiger partial charge on any atom is 0.316 e. The Morgan fingerprint density at radius 3 is 2.90 bits per heavy atom. The molecule has 0 amide bonds. The number of ether oxygens (including phenoxy) is 1. The number of hydrogen-bond donors (Lipinski definition) is 0. The highest BCUT2D eigenvalue weighted by atomic mass is 19.1. The quantitative estimate of drug-likeness (QED) is 0.859. The summed E-state index contributed by atoms with van der Waals surface area (Å²) in [5, 5.41) is 0. The first-order valence-corrected chi connectivity index (χ1v) is 7.03. The van der Waals surface area contributed by atoms with Gasteiger partial charge in [0.2, 0.25) is 0 Å². The number of rotatable bonds is 4. The van der Waals surface area contributed by atoms with Gasteiger partial charge in [-0.05, 0) is 12.5 Å². The zero-order valence-electron chi connectivity index (χ0n) is 11.8. The van der Waals surface area contributed by atoms with Crippen LogP contribution in [0.4, 0.5) is 10.4 Å². The van der Waals surface area contributed by atoms with Gasteiger partial charge in [-0.15, -0.1) is 0 Å². The highest BCUT2D eigenvalue weighted by Crippen LogP contribution is 2.23. The molecule has 0 bridgehead atoms. The molecule has 0 aromatic carbocycles. The molecule has 1 aliphatic rings. The summed E-state index contributed by atoms with van der Waals surface area (Å²) >= 11 is 0. The highest BCUT2D eigenvalue weighted by molar-refractivity contribution is 5.28. The lowest BCUT2D eigenvalue weighted by atomic mass is 10.1. The van der Waals surface area contributed by atoms with Crippen molar-refractivity contribution in [2.24, 2.45) is 0 Å². The summed E-state index contributed by atoms with van der Waals surface area (Å²) < 4.78 is 25.1. The predicted molar refractivity (Wildman–Crippen MR) is 74.1 cm³/mol. The van der Waals surface area contributed by atoms with Crippen molar-refractivity contribution in [1.82, 2.24) is 15.0 Å². The molecule has 2 aromatic rings. The van der Waals surface area contributed by atoms with Crippen molar-refractivity contribution in [3.63, 3.8) is 0 Å². The Hall–Kier alpha value is -2.18. The number of aryl methyl sites for hydroxylation is 1. The van der Waals surface area contributed by atoms with Gasteiger partial charge in [0.25, 0.3) is 6.01 Å². The second-order valence-corrected chi connectivity index (χ2v) is 4.91. The molecule has 21 heavy (non-hydrogen) atoms. The van der Waals surface area contributed by atoms with E-state index in [1.807, 2.05) is 6.92 Å². The van der Waals surface area contributed by atoms with Crippen LogP contribution in [0.2, 0.25) is 0 Å². The minimum Gasteiger partial charge on any atom is -0.457 e. The Labute approximate surface area is 122 Å². The zero-order chi connectivity index (χ0) is 14.7. The van der Waals surface area contributed by atoms with E-state index in [-0.39, 0.29) is 12.6 Å². The van der Waals surface area contributed by atoms with Crippen LogP contribution in [0.25, 0.3) is 0 Å². The topological polar surface area (TPSA) is 64.3 Å². The molecule has 1 saturated heterocycles. The lowest BCUT2D eigenvalue weighted by molar-refractivity contribution is 0.0723. The molecule has 1 aliphatic heterocycles. The second kappa shape index (κ2) is 6.07. The van der Waals surface area contributed by atoms with Crippen molar-refractivity contribution in [2.45, 2.75) is 32.0 Å². The summed E-state index contributed by atoms with van der Waals surface area (Å²) in [4.78, 5) is 14.0. The fourth-order valence-corrected chi connectivity index (χ4v) is 2.28. The third-order valence-corrected chi connectivity index (χ3v) is 3.45. The summed E-state index contributed by atoms with van der Waals surface area (Å²) in [5.74, 6) is 0. The van der Waals surface area contributed by atoms with Crippen LogP contribution < -0.4 is 9.64 Å². The molecule has 3 heterocycles. The highest BCUT2D eigenvalue weighted by Gasteiger charge is 2.33. The fourth-order valence-electron chi connectivity index (χ4n) is 2.28. The molecular formula is C14H17FN4O2. The molecule has 0 radical (unpaired) electrons. The molecule has 0 N–H and O–H groups in total. The standard InChI is InChI=1S/C14H17FN4O2/c1-2-10-9-20-14(18-10)19-7-4-12(11(15)8-19)21-13-16-5-3-6-17-13/h3,5-6,9,11-12H,2,4,7-8H2,1H3/t11-,12+/m0/s1. The molecule has 2 atom stereocenters. The van der Waals surface area contributed by atoms with E-state index in [9.17, 15) is 4.39 Å². The molecule has 0 aliphatic carbocycles. The Bertz CT molecular complexity index is 577. The van der Waals surface area contributed by atoms with E-state index in [1.54, 1.807) is 29.6 Å². The molecule has 0 unspecified atom stereocenters. The Morgan fingerprint density at radius 2 is 2.24 bits per heavy atom. The van der Waals surface area contributed by atoms with Gasteiger partial charge in [0.05, 0.1) is 12.2 Å². The Kier molecular flexibility index (Phi) is 3.98. The summed E-state index contributed by atoms with van der Waals surface area (Å²) in [5.41, 5.74) is 0.872. The van der Waals surface area contributed by atoms with Crippen LogP contribution in [-0.2, 0) is 6.42 Å². The second-order valence-electron chi connectivity index (χ2n) is 4.91. The molecule has 0 spiro atoms.